The monoisotopic (exact) mass is 519 g/mol. The molecule has 2 unspecified atom stereocenters. The van der Waals surface area contributed by atoms with Crippen molar-refractivity contribution in [3.63, 3.8) is 0 Å². The first-order valence-electron chi connectivity index (χ1n) is 13.6. The third-order valence-electron chi connectivity index (χ3n) is 7.18. The Morgan fingerprint density at radius 1 is 1.08 bits per heavy atom. The highest BCUT2D eigenvalue weighted by molar-refractivity contribution is 5.73. The summed E-state index contributed by atoms with van der Waals surface area (Å²) in [6.07, 6.45) is 7.40. The van der Waals surface area contributed by atoms with Crippen molar-refractivity contribution in [3.8, 4) is 11.5 Å². The summed E-state index contributed by atoms with van der Waals surface area (Å²) in [4.78, 5) is 14.4. The Morgan fingerprint density at radius 2 is 1.84 bits per heavy atom. The molecule has 0 bridgehead atoms. The highest BCUT2D eigenvalue weighted by atomic mass is 16.4. The van der Waals surface area contributed by atoms with Gasteiger partial charge in [0.2, 0.25) is 11.8 Å². The number of aromatic nitrogens is 3. The quantitative estimate of drug-likeness (QED) is 0.257. The molecule has 1 saturated carbocycles. The van der Waals surface area contributed by atoms with E-state index in [9.17, 15) is 10.2 Å². The van der Waals surface area contributed by atoms with Crippen molar-refractivity contribution in [2.24, 2.45) is 5.92 Å². The zero-order chi connectivity index (χ0) is 27.2. The summed E-state index contributed by atoms with van der Waals surface area (Å²) in [7, 11) is 0. The fourth-order valence-electron chi connectivity index (χ4n) is 5.04. The van der Waals surface area contributed by atoms with Crippen LogP contribution in [-0.2, 0) is 12.8 Å². The molecule has 0 spiro atoms. The summed E-state index contributed by atoms with van der Waals surface area (Å²) in [5.74, 6) is 2.26. The number of rotatable bonds is 11. The molecule has 3 aromatic rings. The molecular weight excluding hydrogens is 478 g/mol. The number of aryl methyl sites for hydroxylation is 3. The van der Waals surface area contributed by atoms with Crippen LogP contribution in [0.2, 0.25) is 0 Å². The molecule has 4 N–H and O–H groups in total. The molecule has 2 aromatic heterocycles. The zero-order valence-electron chi connectivity index (χ0n) is 23.2. The van der Waals surface area contributed by atoms with E-state index in [1.807, 2.05) is 13.8 Å². The number of aliphatic hydroxyl groups excluding tert-OH is 2. The molecule has 8 nitrogen and oxygen atoms in total. The van der Waals surface area contributed by atoms with Gasteiger partial charge in [-0.2, -0.15) is 4.98 Å². The summed E-state index contributed by atoms with van der Waals surface area (Å²) < 4.78 is 6.12. The molecule has 1 aliphatic carbocycles. The number of nitrogens with one attached hydrogen (secondary N) is 2. The predicted molar refractivity (Wildman–Crippen MR) is 151 cm³/mol. The zero-order valence-corrected chi connectivity index (χ0v) is 23.2. The number of hydrogen-bond acceptors (Lipinski definition) is 8. The van der Waals surface area contributed by atoms with Gasteiger partial charge in [0.25, 0.3) is 0 Å². The van der Waals surface area contributed by atoms with Crippen LogP contribution in [0.4, 0.5) is 11.8 Å². The molecule has 204 valence electrons. The van der Waals surface area contributed by atoms with Crippen molar-refractivity contribution in [3.05, 3.63) is 64.7 Å². The molecule has 1 fully saturated rings. The van der Waals surface area contributed by atoms with Crippen LogP contribution in [0.15, 0.2) is 40.8 Å². The third-order valence-corrected chi connectivity index (χ3v) is 7.18. The Balaban J connectivity index is 1.63. The van der Waals surface area contributed by atoms with E-state index in [0.717, 1.165) is 35.6 Å². The Morgan fingerprint density at radius 3 is 2.53 bits per heavy atom. The van der Waals surface area contributed by atoms with Crippen LogP contribution in [0, 0.1) is 26.7 Å². The minimum atomic E-state index is -0.544. The van der Waals surface area contributed by atoms with Gasteiger partial charge in [0.05, 0.1) is 17.5 Å². The average Bonchev–Trinajstić information content (AvgIpc) is 3.41. The summed E-state index contributed by atoms with van der Waals surface area (Å²) in [5.41, 5.74) is 4.85. The second-order valence-electron chi connectivity index (χ2n) is 10.5. The van der Waals surface area contributed by atoms with E-state index in [-0.39, 0.29) is 24.6 Å². The lowest BCUT2D eigenvalue weighted by Gasteiger charge is -2.19. The molecule has 0 radical (unpaired) electrons. The predicted octanol–water partition coefficient (Wildman–Crippen LogP) is 5.15. The summed E-state index contributed by atoms with van der Waals surface area (Å²) in [6, 6.07) is 8.63. The Bertz CT molecular complexity index is 1240. The lowest BCUT2D eigenvalue weighted by atomic mass is 10.1. The van der Waals surface area contributed by atoms with E-state index in [1.165, 1.54) is 11.1 Å². The largest absolute Gasteiger partial charge is 0.441 e. The second-order valence-corrected chi connectivity index (χ2v) is 10.5. The van der Waals surface area contributed by atoms with Gasteiger partial charge in [-0.3, -0.25) is 0 Å². The second kappa shape index (κ2) is 12.5. The number of oxazole rings is 1. The van der Waals surface area contributed by atoms with Gasteiger partial charge < -0.3 is 25.3 Å². The molecule has 38 heavy (non-hydrogen) atoms. The maximum Gasteiger partial charge on any atom is 0.232 e. The normalized spacial score (nSPS) is 20.2. The highest BCUT2D eigenvalue weighted by Crippen LogP contribution is 2.35. The number of anilines is 2. The lowest BCUT2D eigenvalue weighted by molar-refractivity contribution is 0.0908. The molecule has 8 heteroatoms. The molecule has 0 saturated heterocycles. The SMILES string of the molecule is CC/C=C\Cc1nc(-c2c(C)nc(N[C@H](C)Cc3ccc(C)cc3)nc2NC2CC(CO)[C@@H](O)C2)oc1C. The molecule has 4 rings (SSSR count). The van der Waals surface area contributed by atoms with E-state index < -0.39 is 6.10 Å². The van der Waals surface area contributed by atoms with Gasteiger partial charge in [-0.05, 0) is 58.9 Å². The first-order chi connectivity index (χ1) is 18.3. The molecule has 4 atom stereocenters. The number of nitrogens with zero attached hydrogens (tertiary/aromatic N) is 3. The van der Waals surface area contributed by atoms with Crippen LogP contribution in [0.25, 0.3) is 11.5 Å². The Hall–Kier alpha value is -3.23. The number of allylic oxidation sites excluding steroid dienone is 2. The molecule has 1 aromatic carbocycles. The van der Waals surface area contributed by atoms with Crippen molar-refractivity contribution in [2.45, 2.75) is 84.9 Å². The van der Waals surface area contributed by atoms with E-state index in [4.69, 9.17) is 19.4 Å². The average molecular weight is 520 g/mol. The topological polar surface area (TPSA) is 116 Å². The highest BCUT2D eigenvalue weighted by Gasteiger charge is 2.33. The molecule has 2 heterocycles. The minimum absolute atomic E-state index is 0.0314. The maximum absolute atomic E-state index is 10.4. The van der Waals surface area contributed by atoms with Crippen molar-refractivity contribution in [1.29, 1.82) is 0 Å². The number of benzene rings is 1. The first kappa shape index (κ1) is 27.8. The fourth-order valence-corrected chi connectivity index (χ4v) is 5.04. The van der Waals surface area contributed by atoms with Crippen molar-refractivity contribution < 1.29 is 14.6 Å². The van der Waals surface area contributed by atoms with E-state index >= 15 is 0 Å². The van der Waals surface area contributed by atoms with E-state index in [2.05, 4.69) is 67.8 Å². The van der Waals surface area contributed by atoms with Gasteiger partial charge in [0.15, 0.2) is 0 Å². The van der Waals surface area contributed by atoms with Crippen LogP contribution >= 0.6 is 0 Å². The van der Waals surface area contributed by atoms with Gasteiger partial charge in [-0.25, -0.2) is 9.97 Å². The molecule has 0 aliphatic heterocycles. The van der Waals surface area contributed by atoms with Crippen LogP contribution in [0.3, 0.4) is 0 Å². The molecular formula is C30H41N5O3. The van der Waals surface area contributed by atoms with Gasteiger partial charge in [-0.1, -0.05) is 48.9 Å². The molecule has 0 amide bonds. The number of aliphatic hydroxyl groups is 2. The van der Waals surface area contributed by atoms with Gasteiger partial charge in [0.1, 0.15) is 17.1 Å². The van der Waals surface area contributed by atoms with Crippen molar-refractivity contribution in [1.82, 2.24) is 15.0 Å². The smallest absolute Gasteiger partial charge is 0.232 e. The Kier molecular flexibility index (Phi) is 9.17. The van der Waals surface area contributed by atoms with Crippen LogP contribution in [-0.4, -0.2) is 50.0 Å². The van der Waals surface area contributed by atoms with E-state index in [1.54, 1.807) is 0 Å². The van der Waals surface area contributed by atoms with Gasteiger partial charge in [0, 0.05) is 31.0 Å². The Labute approximate surface area is 225 Å². The maximum atomic E-state index is 10.4. The van der Waals surface area contributed by atoms with Crippen LogP contribution in [0.5, 0.6) is 0 Å². The lowest BCUT2D eigenvalue weighted by Crippen LogP contribution is -2.22. The van der Waals surface area contributed by atoms with Gasteiger partial charge in [-0.15, -0.1) is 0 Å². The van der Waals surface area contributed by atoms with Crippen molar-refractivity contribution >= 4 is 11.8 Å². The van der Waals surface area contributed by atoms with Crippen LogP contribution < -0.4 is 10.6 Å². The van der Waals surface area contributed by atoms with Gasteiger partial charge >= 0.3 is 0 Å². The summed E-state index contributed by atoms with van der Waals surface area (Å²) in [5, 5.41) is 27.0. The first-order valence-corrected chi connectivity index (χ1v) is 13.6. The third kappa shape index (κ3) is 6.79. The molecule has 1 aliphatic rings. The van der Waals surface area contributed by atoms with Crippen molar-refractivity contribution in [2.75, 3.05) is 17.2 Å². The van der Waals surface area contributed by atoms with Crippen LogP contribution in [0.1, 0.15) is 61.4 Å². The minimum Gasteiger partial charge on any atom is -0.441 e. The fraction of sp³-hybridized carbons (Fsp3) is 0.500. The summed E-state index contributed by atoms with van der Waals surface area (Å²) >= 11 is 0. The standard InChI is InChI=1S/C30H41N5O3/c1-6-7-8-9-25-21(5)38-29(34-25)27-20(4)32-30(31-19(3)14-22-12-10-18(2)11-13-22)35-28(27)33-24-15-23(17-36)26(37)16-24/h7-8,10-13,19,23-24,26,36-37H,6,9,14-17H2,1-5H3,(H2,31,32,33,35)/b8-7-/t19-,23?,24?,26+/m1/s1. The number of hydrogen-bond donors (Lipinski definition) is 4. The van der Waals surface area contributed by atoms with E-state index in [0.29, 0.717) is 36.9 Å². The summed E-state index contributed by atoms with van der Waals surface area (Å²) in [6.45, 7) is 10.1.